The first-order chi connectivity index (χ1) is 18.7. The summed E-state index contributed by atoms with van der Waals surface area (Å²) in [6.07, 6.45) is -0.622. The van der Waals surface area contributed by atoms with E-state index in [2.05, 4.69) is 5.32 Å². The average Bonchev–Trinajstić information content (AvgIpc) is 3.12. The molecule has 0 saturated carbocycles. The van der Waals surface area contributed by atoms with Crippen LogP contribution in [-0.2, 0) is 33.8 Å². The van der Waals surface area contributed by atoms with Crippen molar-refractivity contribution >= 4 is 23.4 Å². The number of carbonyl (C=O) groups excluding carboxylic acids is 3. The Hall–Kier alpha value is -3.23. The summed E-state index contributed by atoms with van der Waals surface area (Å²) >= 11 is 0. The maximum atomic E-state index is 13.3. The van der Waals surface area contributed by atoms with Crippen molar-refractivity contribution < 1.29 is 28.7 Å². The number of hydrogen-bond donors (Lipinski definition) is 2. The summed E-state index contributed by atoms with van der Waals surface area (Å²) in [5.74, 6) is -2.63. The van der Waals surface area contributed by atoms with Gasteiger partial charge < -0.3 is 15.0 Å². The molecule has 3 amide bonds. The van der Waals surface area contributed by atoms with Crippen LogP contribution in [0.5, 0.6) is 0 Å². The summed E-state index contributed by atoms with van der Waals surface area (Å²) in [6.45, 7) is -5.06. The van der Waals surface area contributed by atoms with Gasteiger partial charge in [-0.15, -0.1) is 0 Å². The average molecular weight is 456 g/mol. The topological polar surface area (TPSA) is 91.0 Å². The minimum atomic E-state index is -2.68. The van der Waals surface area contributed by atoms with Crippen molar-refractivity contribution in [1.82, 2.24) is 15.1 Å². The Morgan fingerprint density at radius 1 is 1.12 bits per heavy atom. The molecule has 2 fully saturated rings. The largest absolute Gasteiger partial charge is 0.381 e. The molecular formula is C25H28N4O4. The molecule has 8 nitrogen and oxygen atoms in total. The Kier molecular flexibility index (Phi) is 4.19. The quantitative estimate of drug-likeness (QED) is 0.647. The van der Waals surface area contributed by atoms with E-state index in [-0.39, 0.29) is 35.2 Å². The first kappa shape index (κ1) is 14.8. The predicted molar refractivity (Wildman–Crippen MR) is 122 cm³/mol. The Morgan fingerprint density at radius 2 is 1.88 bits per heavy atom. The second kappa shape index (κ2) is 9.33. The van der Waals surface area contributed by atoms with Crippen LogP contribution in [0.3, 0.4) is 0 Å². The zero-order valence-electron chi connectivity index (χ0n) is 24.8. The molecule has 0 aromatic heterocycles. The van der Waals surface area contributed by atoms with Crippen molar-refractivity contribution in [2.45, 2.75) is 38.4 Å². The molecule has 2 saturated heterocycles. The van der Waals surface area contributed by atoms with E-state index >= 15 is 0 Å². The Balaban J connectivity index is 1.43. The third kappa shape index (κ3) is 4.62. The molecule has 3 heterocycles. The van der Waals surface area contributed by atoms with Gasteiger partial charge in [-0.25, -0.2) is 0 Å². The molecule has 3 aliphatic heterocycles. The van der Waals surface area contributed by atoms with Crippen LogP contribution in [0.4, 0.5) is 5.69 Å². The highest BCUT2D eigenvalue weighted by molar-refractivity contribution is 6.06. The molecule has 8 heteroatoms. The fourth-order valence-corrected chi connectivity index (χ4v) is 3.87. The molecular weight excluding hydrogens is 420 g/mol. The van der Waals surface area contributed by atoms with Gasteiger partial charge in [-0.2, -0.15) is 0 Å². The number of nitrogens with zero attached hydrogens (tertiary/aromatic N) is 2. The van der Waals surface area contributed by atoms with Crippen LogP contribution >= 0.6 is 0 Å². The van der Waals surface area contributed by atoms with Gasteiger partial charge in [0.05, 0.1) is 20.1 Å². The summed E-state index contributed by atoms with van der Waals surface area (Å²) in [5.41, 5.74) is 0.0798. The van der Waals surface area contributed by atoms with Gasteiger partial charge in [-0.1, -0.05) is 30.3 Å². The van der Waals surface area contributed by atoms with Gasteiger partial charge in [0.25, 0.3) is 5.91 Å². The van der Waals surface area contributed by atoms with Crippen LogP contribution in [0.25, 0.3) is 0 Å². The zero-order chi connectivity index (χ0) is 29.1. The van der Waals surface area contributed by atoms with Gasteiger partial charge in [0.1, 0.15) is 6.02 Å². The number of morpholine rings is 1. The van der Waals surface area contributed by atoms with Crippen molar-refractivity contribution in [1.29, 1.82) is 0 Å². The van der Waals surface area contributed by atoms with Gasteiger partial charge in [0.2, 0.25) is 11.8 Å². The van der Waals surface area contributed by atoms with E-state index in [1.165, 1.54) is 42.5 Å². The Morgan fingerprint density at radius 3 is 2.64 bits per heavy atom. The van der Waals surface area contributed by atoms with Crippen LogP contribution < -0.4 is 10.6 Å². The SMILES string of the molecule is [2H]C([2H])(Nc1cccc2c1C([2H])([2H])N([C@]1([2H])CCC(=O)NC1=O)C2=O)c1ccc(C([2H])([2H])N2CCOCC2)cc1. The predicted octanol–water partition coefficient (Wildman–Crippen LogP) is 1.89. The lowest BCUT2D eigenvalue weighted by Gasteiger charge is -2.29. The first-order valence-corrected chi connectivity index (χ1v) is 10.7. The molecule has 0 radical (unpaired) electrons. The van der Waals surface area contributed by atoms with Gasteiger partial charge in [-0.05, 0) is 29.7 Å². The second-order valence-electron chi connectivity index (χ2n) is 7.84. The van der Waals surface area contributed by atoms with E-state index < -0.39 is 43.2 Å². The van der Waals surface area contributed by atoms with Crippen LogP contribution in [0.2, 0.25) is 0 Å². The monoisotopic (exact) mass is 455 g/mol. The van der Waals surface area contributed by atoms with E-state index in [4.69, 9.17) is 14.3 Å². The number of benzene rings is 2. The number of anilines is 1. The summed E-state index contributed by atoms with van der Waals surface area (Å²) in [6, 6.07) is 7.69. The maximum Gasteiger partial charge on any atom is 0.255 e. The molecule has 2 aromatic carbocycles. The van der Waals surface area contributed by atoms with Gasteiger partial charge in [0, 0.05) is 58.6 Å². The number of imide groups is 1. The van der Waals surface area contributed by atoms with Crippen molar-refractivity contribution in [3.8, 4) is 0 Å². The number of fused-ring (bicyclic) bond motifs is 1. The molecule has 0 unspecified atom stereocenters. The van der Waals surface area contributed by atoms with Crippen molar-refractivity contribution in [3.05, 3.63) is 64.7 Å². The molecule has 0 aliphatic carbocycles. The number of amides is 3. The smallest absolute Gasteiger partial charge is 0.255 e. The van der Waals surface area contributed by atoms with Crippen LogP contribution in [0.1, 0.15) is 49.5 Å². The van der Waals surface area contributed by atoms with Crippen LogP contribution in [0.15, 0.2) is 42.5 Å². The molecule has 5 rings (SSSR count). The van der Waals surface area contributed by atoms with E-state index in [1.807, 2.05) is 5.32 Å². The lowest BCUT2D eigenvalue weighted by Crippen LogP contribution is -2.52. The normalized spacial score (nSPS) is 28.9. The Bertz CT molecular complexity index is 1370. The highest BCUT2D eigenvalue weighted by Gasteiger charge is 2.39. The van der Waals surface area contributed by atoms with Crippen molar-refractivity contribution in [2.75, 3.05) is 31.6 Å². The number of nitrogens with one attached hydrogen (secondary N) is 2. The maximum absolute atomic E-state index is 13.3. The third-order valence-corrected chi connectivity index (χ3v) is 5.62. The molecule has 172 valence electrons. The molecule has 33 heavy (non-hydrogen) atoms. The Labute approximate surface area is 202 Å². The van der Waals surface area contributed by atoms with Crippen molar-refractivity contribution in [2.24, 2.45) is 0 Å². The van der Waals surface area contributed by atoms with Crippen molar-refractivity contribution in [3.63, 3.8) is 0 Å². The van der Waals surface area contributed by atoms with E-state index in [1.54, 1.807) is 4.90 Å². The zero-order valence-corrected chi connectivity index (χ0v) is 17.8. The van der Waals surface area contributed by atoms with Gasteiger partial charge >= 0.3 is 0 Å². The standard InChI is InChI=1S/C25H28N4O4/c30-23-9-8-22(24(31)27-23)29-16-20-19(25(29)32)2-1-3-21(20)26-14-17-4-6-18(7-5-17)15-28-10-12-33-13-11-28/h1-7,22,26H,8-16H2,(H,27,30,31)/t22-/m1/s1/i14D2,15D2,16D2,22D. The molecule has 3 aliphatic rings. The van der Waals surface area contributed by atoms with Gasteiger partial charge in [-0.3, -0.25) is 24.6 Å². The molecule has 2 N–H and O–H groups in total. The fourth-order valence-electron chi connectivity index (χ4n) is 3.87. The second-order valence-corrected chi connectivity index (χ2v) is 7.84. The number of carbonyl (C=O) groups is 3. The van der Waals surface area contributed by atoms with Crippen LogP contribution in [-0.4, -0.2) is 59.8 Å². The summed E-state index contributed by atoms with van der Waals surface area (Å²) in [5, 5.41) is 4.67. The minimum Gasteiger partial charge on any atom is -0.381 e. The number of piperidine rings is 1. The highest BCUT2D eigenvalue weighted by Crippen LogP contribution is 2.32. The number of ether oxygens (including phenoxy) is 1. The summed E-state index contributed by atoms with van der Waals surface area (Å²) in [7, 11) is 0. The number of rotatable bonds is 6. The lowest BCUT2D eigenvalue weighted by molar-refractivity contribution is -0.136. The highest BCUT2D eigenvalue weighted by atomic mass is 16.5. The summed E-state index contributed by atoms with van der Waals surface area (Å²) in [4.78, 5) is 39.7. The number of hydrogen-bond acceptors (Lipinski definition) is 6. The van der Waals surface area contributed by atoms with Gasteiger partial charge in [0.15, 0.2) is 0 Å². The molecule has 0 spiro atoms. The third-order valence-electron chi connectivity index (χ3n) is 5.62. The molecule has 2 aromatic rings. The lowest BCUT2D eigenvalue weighted by atomic mass is 10.0. The minimum absolute atomic E-state index is 0.0491. The summed E-state index contributed by atoms with van der Waals surface area (Å²) < 4.78 is 66.0. The molecule has 1 atom stereocenters. The fraction of sp³-hybridized carbons (Fsp3) is 0.400. The van der Waals surface area contributed by atoms with Crippen LogP contribution in [0, 0.1) is 0 Å². The van der Waals surface area contributed by atoms with E-state index in [9.17, 15) is 14.4 Å². The molecule has 0 bridgehead atoms. The van der Waals surface area contributed by atoms with E-state index in [0.29, 0.717) is 36.8 Å². The first-order valence-electron chi connectivity index (χ1n) is 14.2. The van der Waals surface area contributed by atoms with E-state index in [0.717, 1.165) is 0 Å².